The van der Waals surface area contributed by atoms with Gasteiger partial charge in [0.05, 0.1) is 34.5 Å². The number of nitro benzene ring substituents is 1. The number of rotatable bonds is 8. The summed E-state index contributed by atoms with van der Waals surface area (Å²) < 4.78 is 41.1. The Morgan fingerprint density at radius 3 is 2.12 bits per heavy atom. The standard InChI is InChI=1S/C32H23F3N4O3/c33-32(34,35)26-13-7-8-22(18-26)19-30(40)37-36-21-25-20-29(23-9-3-1-4-10-23)38(31(25)24-11-5-2-6-12-24)27-14-16-28(17-15-27)39(41)42/h1-18,20-21H,19H2,(H,37,40)/b36-21+. The van der Waals surface area contributed by atoms with Crippen molar-refractivity contribution in [2.75, 3.05) is 0 Å². The van der Waals surface area contributed by atoms with E-state index in [2.05, 4.69) is 10.5 Å². The zero-order chi connectivity index (χ0) is 29.7. The van der Waals surface area contributed by atoms with Gasteiger partial charge in [0, 0.05) is 23.4 Å². The number of hydrogen-bond acceptors (Lipinski definition) is 4. The minimum atomic E-state index is -4.51. The molecule has 42 heavy (non-hydrogen) atoms. The van der Waals surface area contributed by atoms with E-state index >= 15 is 0 Å². The van der Waals surface area contributed by atoms with Gasteiger partial charge in [-0.25, -0.2) is 5.43 Å². The molecule has 1 N–H and O–H groups in total. The molecule has 1 aromatic heterocycles. The topological polar surface area (TPSA) is 89.5 Å². The number of carbonyl (C=O) groups is 1. The Kier molecular flexibility index (Phi) is 7.96. The maximum Gasteiger partial charge on any atom is 0.416 e. The second-order valence-electron chi connectivity index (χ2n) is 9.34. The lowest BCUT2D eigenvalue weighted by atomic mass is 10.1. The number of aromatic nitrogens is 1. The Morgan fingerprint density at radius 2 is 1.50 bits per heavy atom. The lowest BCUT2D eigenvalue weighted by Crippen LogP contribution is -2.20. The molecule has 4 aromatic carbocycles. The SMILES string of the molecule is O=C(Cc1cccc(C(F)(F)F)c1)N/N=C/c1cc(-c2ccccc2)n(-c2ccc([N+](=O)[O-])cc2)c1-c1ccccc1. The minimum absolute atomic E-state index is 0.0429. The van der Waals surface area contributed by atoms with E-state index in [9.17, 15) is 28.1 Å². The molecule has 5 aromatic rings. The molecule has 0 aliphatic rings. The molecule has 0 atom stereocenters. The number of alkyl halides is 3. The monoisotopic (exact) mass is 568 g/mol. The molecule has 0 bridgehead atoms. The van der Waals surface area contributed by atoms with Crippen molar-refractivity contribution in [2.24, 2.45) is 5.10 Å². The minimum Gasteiger partial charge on any atom is -0.309 e. The van der Waals surface area contributed by atoms with Crippen LogP contribution < -0.4 is 5.43 Å². The molecule has 210 valence electrons. The molecular formula is C32H23F3N4O3. The van der Waals surface area contributed by atoms with E-state index in [1.807, 2.05) is 71.3 Å². The molecule has 0 unspecified atom stereocenters. The molecule has 0 spiro atoms. The third-order valence-electron chi connectivity index (χ3n) is 6.48. The van der Waals surface area contributed by atoms with E-state index in [-0.39, 0.29) is 17.7 Å². The fraction of sp³-hybridized carbons (Fsp3) is 0.0625. The van der Waals surface area contributed by atoms with E-state index in [0.29, 0.717) is 11.3 Å². The molecule has 0 fully saturated rings. The first kappa shape index (κ1) is 28.0. The van der Waals surface area contributed by atoms with Crippen molar-refractivity contribution in [1.82, 2.24) is 9.99 Å². The van der Waals surface area contributed by atoms with Gasteiger partial charge in [0.25, 0.3) is 5.69 Å². The number of amides is 1. The zero-order valence-electron chi connectivity index (χ0n) is 22.0. The Morgan fingerprint density at radius 1 is 0.857 bits per heavy atom. The van der Waals surface area contributed by atoms with E-state index < -0.39 is 22.6 Å². The Hall–Kier alpha value is -5.51. The van der Waals surface area contributed by atoms with Gasteiger partial charge in [-0.1, -0.05) is 78.9 Å². The van der Waals surface area contributed by atoms with E-state index in [1.54, 1.807) is 12.1 Å². The number of nitrogens with zero attached hydrogens (tertiary/aromatic N) is 3. The fourth-order valence-electron chi connectivity index (χ4n) is 4.59. The lowest BCUT2D eigenvalue weighted by molar-refractivity contribution is -0.384. The summed E-state index contributed by atoms with van der Waals surface area (Å²) >= 11 is 0. The predicted octanol–water partition coefficient (Wildman–Crippen LogP) is 7.43. The van der Waals surface area contributed by atoms with E-state index in [1.165, 1.54) is 30.5 Å². The van der Waals surface area contributed by atoms with Crippen molar-refractivity contribution in [2.45, 2.75) is 12.6 Å². The van der Waals surface area contributed by atoms with Crippen LogP contribution in [-0.2, 0) is 17.4 Å². The van der Waals surface area contributed by atoms with Gasteiger partial charge in [0.2, 0.25) is 5.91 Å². The molecule has 0 saturated carbocycles. The van der Waals surface area contributed by atoms with Gasteiger partial charge in [-0.2, -0.15) is 18.3 Å². The smallest absolute Gasteiger partial charge is 0.309 e. The van der Waals surface area contributed by atoms with Crippen LogP contribution in [0.2, 0.25) is 0 Å². The van der Waals surface area contributed by atoms with Gasteiger partial charge >= 0.3 is 6.18 Å². The molecule has 0 aliphatic heterocycles. The molecule has 7 nitrogen and oxygen atoms in total. The molecule has 5 rings (SSSR count). The van der Waals surface area contributed by atoms with Crippen molar-refractivity contribution in [3.63, 3.8) is 0 Å². The van der Waals surface area contributed by atoms with Gasteiger partial charge in [-0.15, -0.1) is 0 Å². The largest absolute Gasteiger partial charge is 0.416 e. The summed E-state index contributed by atoms with van der Waals surface area (Å²) in [6, 6.07) is 31.7. The van der Waals surface area contributed by atoms with Crippen molar-refractivity contribution >= 4 is 17.8 Å². The number of benzene rings is 4. The van der Waals surface area contributed by atoms with Crippen molar-refractivity contribution in [3.05, 3.63) is 142 Å². The molecule has 10 heteroatoms. The highest BCUT2D eigenvalue weighted by atomic mass is 19.4. The van der Waals surface area contributed by atoms with Crippen molar-refractivity contribution in [3.8, 4) is 28.2 Å². The normalized spacial score (nSPS) is 11.5. The van der Waals surface area contributed by atoms with Crippen molar-refractivity contribution < 1.29 is 22.9 Å². The quantitative estimate of drug-likeness (QED) is 0.120. The second kappa shape index (κ2) is 11.9. The first-order valence-corrected chi connectivity index (χ1v) is 12.8. The first-order chi connectivity index (χ1) is 20.2. The summed E-state index contributed by atoms with van der Waals surface area (Å²) in [4.78, 5) is 23.4. The van der Waals surface area contributed by atoms with Gasteiger partial charge < -0.3 is 4.57 Å². The summed E-state index contributed by atoms with van der Waals surface area (Å²) in [5, 5.41) is 15.4. The van der Waals surface area contributed by atoms with E-state index in [0.717, 1.165) is 34.6 Å². The van der Waals surface area contributed by atoms with Crippen LogP contribution in [0.5, 0.6) is 0 Å². The number of carbonyl (C=O) groups excluding carboxylic acids is 1. The van der Waals surface area contributed by atoms with Crippen LogP contribution >= 0.6 is 0 Å². The lowest BCUT2D eigenvalue weighted by Gasteiger charge is -2.15. The number of halogens is 3. The second-order valence-corrected chi connectivity index (χ2v) is 9.34. The highest BCUT2D eigenvalue weighted by Gasteiger charge is 2.30. The number of hydrogen-bond donors (Lipinski definition) is 1. The summed E-state index contributed by atoms with van der Waals surface area (Å²) in [5.74, 6) is -0.579. The molecule has 1 amide bonds. The van der Waals surface area contributed by atoms with Crippen LogP contribution in [0.3, 0.4) is 0 Å². The molecule has 0 aliphatic carbocycles. The summed E-state index contributed by atoms with van der Waals surface area (Å²) in [6.07, 6.45) is -3.32. The molecule has 0 radical (unpaired) electrons. The van der Waals surface area contributed by atoms with E-state index in [4.69, 9.17) is 0 Å². The molecule has 0 saturated heterocycles. The summed E-state index contributed by atoms with van der Waals surface area (Å²) in [5.41, 5.74) is 6.26. The van der Waals surface area contributed by atoms with Gasteiger partial charge in [-0.3, -0.25) is 14.9 Å². The molecule has 1 heterocycles. The number of hydrazone groups is 1. The van der Waals surface area contributed by atoms with Gasteiger partial charge in [0.15, 0.2) is 0 Å². The fourth-order valence-corrected chi connectivity index (χ4v) is 4.59. The van der Waals surface area contributed by atoms with Crippen LogP contribution in [0, 0.1) is 10.1 Å². The average molecular weight is 569 g/mol. The third-order valence-corrected chi connectivity index (χ3v) is 6.48. The van der Waals surface area contributed by atoms with Crippen LogP contribution in [0.1, 0.15) is 16.7 Å². The van der Waals surface area contributed by atoms with Crippen LogP contribution in [0.4, 0.5) is 18.9 Å². The van der Waals surface area contributed by atoms with Crippen LogP contribution in [-0.4, -0.2) is 21.6 Å². The zero-order valence-corrected chi connectivity index (χ0v) is 22.0. The van der Waals surface area contributed by atoms with Crippen molar-refractivity contribution in [1.29, 1.82) is 0 Å². The predicted molar refractivity (Wildman–Crippen MR) is 154 cm³/mol. The van der Waals surface area contributed by atoms with Gasteiger partial charge in [0.1, 0.15) is 0 Å². The Balaban J connectivity index is 1.53. The number of nitro groups is 1. The van der Waals surface area contributed by atoms with Crippen LogP contribution in [0.15, 0.2) is 120 Å². The Labute approximate surface area is 238 Å². The number of non-ortho nitro benzene ring substituents is 1. The van der Waals surface area contributed by atoms with Crippen LogP contribution in [0.25, 0.3) is 28.2 Å². The maximum atomic E-state index is 13.1. The highest BCUT2D eigenvalue weighted by Crippen LogP contribution is 2.36. The Bertz CT molecular complexity index is 1750. The van der Waals surface area contributed by atoms with Gasteiger partial charge in [-0.05, 0) is 41.0 Å². The maximum absolute atomic E-state index is 13.1. The summed E-state index contributed by atoms with van der Waals surface area (Å²) in [6.45, 7) is 0. The summed E-state index contributed by atoms with van der Waals surface area (Å²) in [7, 11) is 0. The average Bonchev–Trinajstić information content (AvgIpc) is 3.37. The third kappa shape index (κ3) is 6.28. The molecular weight excluding hydrogens is 545 g/mol. The first-order valence-electron chi connectivity index (χ1n) is 12.8. The highest BCUT2D eigenvalue weighted by molar-refractivity contribution is 5.94. The number of nitrogens with one attached hydrogen (secondary N) is 1.